The lowest BCUT2D eigenvalue weighted by atomic mass is 10.3. The lowest BCUT2D eigenvalue weighted by Gasteiger charge is -2.06. The Hall–Kier alpha value is -1.70. The highest BCUT2D eigenvalue weighted by Gasteiger charge is 2.12. The number of nitrogens with zero attached hydrogens (tertiary/aromatic N) is 3. The molecule has 0 atom stereocenters. The van der Waals surface area contributed by atoms with Crippen molar-refractivity contribution >= 4 is 34.7 Å². The van der Waals surface area contributed by atoms with Gasteiger partial charge in [-0.15, -0.1) is 21.5 Å². The average Bonchev–Trinajstić information content (AvgIpc) is 3.14. The van der Waals surface area contributed by atoms with Crippen LogP contribution in [0.3, 0.4) is 0 Å². The van der Waals surface area contributed by atoms with E-state index in [1.807, 2.05) is 35.7 Å². The van der Waals surface area contributed by atoms with Crippen molar-refractivity contribution in [2.75, 3.05) is 18.2 Å². The molecule has 0 fully saturated rings. The zero-order valence-electron chi connectivity index (χ0n) is 11.5. The van der Waals surface area contributed by atoms with Gasteiger partial charge in [0.15, 0.2) is 5.82 Å². The van der Waals surface area contributed by atoms with Crippen molar-refractivity contribution in [1.29, 1.82) is 0 Å². The second kappa shape index (κ2) is 7.04. The molecule has 8 heteroatoms. The second-order valence-electron chi connectivity index (χ2n) is 4.31. The maximum absolute atomic E-state index is 6.03. The molecule has 0 spiro atoms. The molecule has 0 amide bonds. The van der Waals surface area contributed by atoms with Crippen LogP contribution in [0.2, 0.25) is 5.02 Å². The van der Waals surface area contributed by atoms with E-state index in [1.165, 1.54) is 16.4 Å². The number of rotatable bonds is 6. The number of halogens is 1. The van der Waals surface area contributed by atoms with Crippen molar-refractivity contribution in [3.8, 4) is 16.5 Å². The highest BCUT2D eigenvalue weighted by Crippen LogP contribution is 2.25. The highest BCUT2D eigenvalue weighted by molar-refractivity contribution is 7.99. The fourth-order valence-electron chi connectivity index (χ4n) is 1.80. The van der Waals surface area contributed by atoms with Gasteiger partial charge in [0.1, 0.15) is 5.75 Å². The Balaban J connectivity index is 1.54. The summed E-state index contributed by atoms with van der Waals surface area (Å²) in [7, 11) is 0. The first kappa shape index (κ1) is 15.2. The van der Waals surface area contributed by atoms with Gasteiger partial charge in [0, 0.05) is 10.8 Å². The van der Waals surface area contributed by atoms with E-state index in [4.69, 9.17) is 22.2 Å². The molecule has 0 aliphatic carbocycles. The third-order valence-electron chi connectivity index (χ3n) is 2.79. The summed E-state index contributed by atoms with van der Waals surface area (Å²) in [6.45, 7) is 0.534. The number of hydrogen-bond donors (Lipinski definition) is 1. The number of nitrogen functional groups attached to an aromatic ring is 1. The minimum absolute atomic E-state index is 0.534. The molecule has 3 rings (SSSR count). The van der Waals surface area contributed by atoms with Crippen molar-refractivity contribution in [3.63, 3.8) is 0 Å². The first-order valence-electron chi connectivity index (χ1n) is 6.49. The average molecular weight is 353 g/mol. The molecule has 0 aliphatic heterocycles. The number of thiophene rings is 1. The van der Waals surface area contributed by atoms with E-state index in [2.05, 4.69) is 10.2 Å². The molecular weight excluding hydrogens is 340 g/mol. The number of ether oxygens (including phenoxy) is 1. The Morgan fingerprint density at radius 1 is 1.27 bits per heavy atom. The molecule has 5 nitrogen and oxygen atoms in total. The largest absolute Gasteiger partial charge is 0.493 e. The van der Waals surface area contributed by atoms with Crippen LogP contribution in [0.15, 0.2) is 46.9 Å². The molecule has 0 unspecified atom stereocenters. The van der Waals surface area contributed by atoms with Crippen LogP contribution in [0.1, 0.15) is 0 Å². The minimum atomic E-state index is 0.534. The van der Waals surface area contributed by atoms with E-state index in [-0.39, 0.29) is 0 Å². The third kappa shape index (κ3) is 3.55. The molecule has 0 radical (unpaired) electrons. The zero-order valence-corrected chi connectivity index (χ0v) is 13.9. The predicted octanol–water partition coefficient (Wildman–Crippen LogP) is 3.54. The van der Waals surface area contributed by atoms with Gasteiger partial charge in [0.25, 0.3) is 0 Å². The van der Waals surface area contributed by atoms with Crippen molar-refractivity contribution in [2.45, 2.75) is 5.16 Å². The van der Waals surface area contributed by atoms with Crippen molar-refractivity contribution in [2.24, 2.45) is 0 Å². The van der Waals surface area contributed by atoms with Crippen LogP contribution in [0.5, 0.6) is 5.75 Å². The zero-order chi connectivity index (χ0) is 15.4. The van der Waals surface area contributed by atoms with E-state index in [9.17, 15) is 0 Å². The van der Waals surface area contributed by atoms with Gasteiger partial charge in [-0.2, -0.15) is 0 Å². The van der Waals surface area contributed by atoms with Crippen LogP contribution >= 0.6 is 34.7 Å². The summed E-state index contributed by atoms with van der Waals surface area (Å²) in [4.78, 5) is 0.997. The lowest BCUT2D eigenvalue weighted by molar-refractivity contribution is 0.344. The van der Waals surface area contributed by atoms with Crippen LogP contribution < -0.4 is 10.6 Å². The molecule has 0 aliphatic rings. The summed E-state index contributed by atoms with van der Waals surface area (Å²) in [5.41, 5.74) is 0. The van der Waals surface area contributed by atoms with Gasteiger partial charge in [-0.05, 0) is 29.6 Å². The summed E-state index contributed by atoms with van der Waals surface area (Å²) in [5.74, 6) is 8.17. The van der Waals surface area contributed by atoms with Crippen LogP contribution in [0.25, 0.3) is 10.7 Å². The smallest absolute Gasteiger partial charge is 0.210 e. The summed E-state index contributed by atoms with van der Waals surface area (Å²) in [6.07, 6.45) is 0. The molecular formula is C14H13ClN4OS2. The molecule has 2 N–H and O–H groups in total. The molecule has 1 aromatic carbocycles. The predicted molar refractivity (Wildman–Crippen MR) is 91.2 cm³/mol. The summed E-state index contributed by atoms with van der Waals surface area (Å²) >= 11 is 8.98. The number of thioether (sulfide) groups is 1. The molecule has 0 saturated heterocycles. The number of nitrogens with two attached hydrogens (primary N) is 1. The van der Waals surface area contributed by atoms with Gasteiger partial charge in [-0.3, -0.25) is 0 Å². The maximum atomic E-state index is 6.03. The molecule has 0 saturated carbocycles. The molecule has 114 valence electrons. The monoisotopic (exact) mass is 352 g/mol. The second-order valence-corrected chi connectivity index (χ2v) is 6.75. The van der Waals surface area contributed by atoms with Gasteiger partial charge < -0.3 is 10.6 Å². The normalized spacial score (nSPS) is 10.8. The van der Waals surface area contributed by atoms with Crippen molar-refractivity contribution in [1.82, 2.24) is 14.9 Å². The lowest BCUT2D eigenvalue weighted by Crippen LogP contribution is -2.12. The fourth-order valence-corrected chi connectivity index (χ4v) is 3.36. The Morgan fingerprint density at radius 2 is 2.18 bits per heavy atom. The maximum Gasteiger partial charge on any atom is 0.210 e. The Kier molecular flexibility index (Phi) is 4.87. The Bertz CT molecular complexity index is 745. The minimum Gasteiger partial charge on any atom is -0.493 e. The Morgan fingerprint density at radius 3 is 2.95 bits per heavy atom. The number of aromatic nitrogens is 3. The Labute approximate surface area is 141 Å². The summed E-state index contributed by atoms with van der Waals surface area (Å²) in [6, 6.07) is 11.2. The summed E-state index contributed by atoms with van der Waals surface area (Å²) < 4.78 is 7.14. The molecule has 3 aromatic rings. The van der Waals surface area contributed by atoms with E-state index >= 15 is 0 Å². The molecule has 22 heavy (non-hydrogen) atoms. The van der Waals surface area contributed by atoms with E-state index < -0.39 is 0 Å². The molecule has 2 aromatic heterocycles. The van der Waals surface area contributed by atoms with Crippen LogP contribution in [-0.2, 0) is 0 Å². The molecule has 0 bridgehead atoms. The van der Waals surface area contributed by atoms with Gasteiger partial charge in [0.2, 0.25) is 5.16 Å². The van der Waals surface area contributed by atoms with Gasteiger partial charge >= 0.3 is 0 Å². The first-order valence-corrected chi connectivity index (χ1v) is 8.74. The SMILES string of the molecule is Nn1c(SCCOc2cccc(Cl)c2)nnc1-c1cccs1. The van der Waals surface area contributed by atoms with E-state index in [0.29, 0.717) is 28.4 Å². The van der Waals surface area contributed by atoms with Gasteiger partial charge in [-0.1, -0.05) is 35.5 Å². The third-order valence-corrected chi connectivity index (χ3v) is 4.79. The number of benzene rings is 1. The van der Waals surface area contributed by atoms with Crippen LogP contribution in [0.4, 0.5) is 0 Å². The van der Waals surface area contributed by atoms with Crippen LogP contribution in [-0.4, -0.2) is 27.2 Å². The van der Waals surface area contributed by atoms with Gasteiger partial charge in [-0.25, -0.2) is 4.68 Å². The quantitative estimate of drug-likeness (QED) is 0.417. The van der Waals surface area contributed by atoms with E-state index in [1.54, 1.807) is 17.4 Å². The number of hydrogen-bond acceptors (Lipinski definition) is 6. The van der Waals surface area contributed by atoms with Crippen molar-refractivity contribution in [3.05, 3.63) is 46.8 Å². The molecule has 2 heterocycles. The standard InChI is InChI=1S/C14H13ClN4OS2/c15-10-3-1-4-11(9-10)20-6-8-22-14-18-17-13(19(14)16)12-5-2-7-21-12/h1-5,7,9H,6,8,16H2. The summed E-state index contributed by atoms with van der Waals surface area (Å²) in [5, 5.41) is 11.5. The van der Waals surface area contributed by atoms with Crippen molar-refractivity contribution < 1.29 is 4.74 Å². The fraction of sp³-hybridized carbons (Fsp3) is 0.143. The highest BCUT2D eigenvalue weighted by atomic mass is 35.5. The van der Waals surface area contributed by atoms with Crippen LogP contribution in [0, 0.1) is 0 Å². The van der Waals surface area contributed by atoms with Gasteiger partial charge in [0.05, 0.1) is 11.5 Å². The topological polar surface area (TPSA) is 66.0 Å². The van der Waals surface area contributed by atoms with E-state index in [0.717, 1.165) is 10.6 Å². The first-order chi connectivity index (χ1) is 10.7.